The quantitative estimate of drug-likeness (QED) is 0.879. The zero-order chi connectivity index (χ0) is 13.9. The van der Waals surface area contributed by atoms with E-state index in [1.807, 2.05) is 35.2 Å². The van der Waals surface area contributed by atoms with E-state index in [-0.39, 0.29) is 6.03 Å². The van der Waals surface area contributed by atoms with Gasteiger partial charge in [0.1, 0.15) is 0 Å². The summed E-state index contributed by atoms with van der Waals surface area (Å²) in [5, 5.41) is 2.93. The van der Waals surface area contributed by atoms with Crippen LogP contribution in [0.25, 0.3) is 0 Å². The van der Waals surface area contributed by atoms with Gasteiger partial charge in [-0.1, -0.05) is 18.2 Å². The van der Waals surface area contributed by atoms with Crippen LogP contribution in [0.5, 0.6) is 0 Å². The highest BCUT2D eigenvalue weighted by Gasteiger charge is 2.35. The summed E-state index contributed by atoms with van der Waals surface area (Å²) in [7, 11) is 2.16. The summed E-state index contributed by atoms with van der Waals surface area (Å²) in [5.41, 5.74) is 0.862. The second-order valence-electron chi connectivity index (χ2n) is 5.69. The van der Waals surface area contributed by atoms with Gasteiger partial charge in [-0.25, -0.2) is 4.79 Å². The molecule has 2 aliphatic rings. The number of hydrogen-bond donors (Lipinski definition) is 1. The molecule has 2 amide bonds. The molecule has 0 unspecified atom stereocenters. The smallest absolute Gasteiger partial charge is 0.321 e. The Balaban J connectivity index is 1.44. The topological polar surface area (TPSA) is 38.8 Å². The van der Waals surface area contributed by atoms with Crippen LogP contribution in [-0.4, -0.2) is 73.1 Å². The van der Waals surface area contributed by atoms with Gasteiger partial charge in [-0.2, -0.15) is 0 Å². The molecule has 0 atom stereocenters. The number of piperazine rings is 1. The molecule has 0 radical (unpaired) electrons. The van der Waals surface area contributed by atoms with Crippen LogP contribution >= 0.6 is 0 Å². The van der Waals surface area contributed by atoms with Crippen molar-refractivity contribution >= 4 is 11.7 Å². The van der Waals surface area contributed by atoms with Crippen molar-refractivity contribution in [2.24, 2.45) is 0 Å². The van der Waals surface area contributed by atoms with Crippen LogP contribution in [0.15, 0.2) is 30.3 Å². The van der Waals surface area contributed by atoms with E-state index in [0.717, 1.165) is 45.0 Å². The van der Waals surface area contributed by atoms with Crippen LogP contribution in [0.2, 0.25) is 0 Å². The number of likely N-dealkylation sites (tertiary alicyclic amines) is 1. The third-order valence-electron chi connectivity index (χ3n) is 4.23. The number of amides is 2. The minimum atomic E-state index is 0.0153. The Morgan fingerprint density at radius 3 is 2.40 bits per heavy atom. The minimum absolute atomic E-state index is 0.0153. The molecule has 0 aromatic heterocycles. The number of nitrogens with one attached hydrogen (secondary N) is 1. The van der Waals surface area contributed by atoms with E-state index in [1.54, 1.807) is 0 Å². The molecule has 1 N–H and O–H groups in total. The number of rotatable bonds is 2. The van der Waals surface area contributed by atoms with Gasteiger partial charge < -0.3 is 15.1 Å². The van der Waals surface area contributed by atoms with Gasteiger partial charge >= 0.3 is 6.03 Å². The number of para-hydroxylation sites is 1. The van der Waals surface area contributed by atoms with Gasteiger partial charge in [-0.15, -0.1) is 0 Å². The Bertz CT molecular complexity index is 450. The third kappa shape index (κ3) is 2.94. The molecule has 20 heavy (non-hydrogen) atoms. The zero-order valence-electron chi connectivity index (χ0n) is 12.0. The lowest BCUT2D eigenvalue weighted by Gasteiger charge is -2.47. The summed E-state index contributed by atoms with van der Waals surface area (Å²) in [4.78, 5) is 18.8. The first-order valence-corrected chi connectivity index (χ1v) is 7.26. The monoisotopic (exact) mass is 274 g/mol. The highest BCUT2D eigenvalue weighted by molar-refractivity contribution is 5.89. The lowest BCUT2D eigenvalue weighted by atomic mass is 10.1. The van der Waals surface area contributed by atoms with E-state index in [9.17, 15) is 4.79 Å². The van der Waals surface area contributed by atoms with E-state index in [0.29, 0.717) is 6.04 Å². The molecule has 0 saturated carbocycles. The van der Waals surface area contributed by atoms with E-state index >= 15 is 0 Å². The minimum Gasteiger partial charge on any atom is -0.321 e. The molecule has 0 spiro atoms. The molecule has 5 heteroatoms. The first-order valence-electron chi connectivity index (χ1n) is 7.26. The average molecular weight is 274 g/mol. The van der Waals surface area contributed by atoms with Crippen molar-refractivity contribution in [1.29, 1.82) is 0 Å². The predicted molar refractivity (Wildman–Crippen MR) is 79.9 cm³/mol. The number of hydrogen-bond acceptors (Lipinski definition) is 3. The van der Waals surface area contributed by atoms with Gasteiger partial charge in [-0.05, 0) is 19.2 Å². The molecule has 1 aromatic rings. The molecule has 108 valence electrons. The van der Waals surface area contributed by atoms with Crippen molar-refractivity contribution in [1.82, 2.24) is 14.7 Å². The summed E-state index contributed by atoms with van der Waals surface area (Å²) < 4.78 is 0. The second kappa shape index (κ2) is 5.81. The van der Waals surface area contributed by atoms with Crippen LogP contribution in [0, 0.1) is 0 Å². The van der Waals surface area contributed by atoms with E-state index in [1.165, 1.54) is 0 Å². The van der Waals surface area contributed by atoms with Crippen molar-refractivity contribution in [2.45, 2.75) is 6.04 Å². The van der Waals surface area contributed by atoms with Crippen molar-refractivity contribution in [3.05, 3.63) is 30.3 Å². The van der Waals surface area contributed by atoms with Crippen molar-refractivity contribution < 1.29 is 4.79 Å². The van der Waals surface area contributed by atoms with Gasteiger partial charge in [0, 0.05) is 51.0 Å². The molecule has 0 bridgehead atoms. The van der Waals surface area contributed by atoms with Crippen LogP contribution in [0.1, 0.15) is 0 Å². The standard InChI is InChI=1S/C15H22N4O/c1-17-7-9-18(10-8-17)14-11-19(12-14)15(20)16-13-5-3-2-4-6-13/h2-6,14H,7-12H2,1H3,(H,16,20). The second-order valence-corrected chi connectivity index (χ2v) is 5.69. The van der Waals surface area contributed by atoms with Crippen LogP contribution in [-0.2, 0) is 0 Å². The van der Waals surface area contributed by atoms with Crippen LogP contribution in [0.4, 0.5) is 10.5 Å². The fourth-order valence-electron chi connectivity index (χ4n) is 2.76. The fourth-order valence-corrected chi connectivity index (χ4v) is 2.76. The predicted octanol–water partition coefficient (Wildman–Crippen LogP) is 1.15. The molecule has 2 fully saturated rings. The molecular weight excluding hydrogens is 252 g/mol. The lowest BCUT2D eigenvalue weighted by Crippen LogP contribution is -2.64. The average Bonchev–Trinajstić information content (AvgIpc) is 2.40. The van der Waals surface area contributed by atoms with E-state index in [4.69, 9.17) is 0 Å². The summed E-state index contributed by atoms with van der Waals surface area (Å²) in [6, 6.07) is 10.2. The Labute approximate surface area is 120 Å². The van der Waals surface area contributed by atoms with Crippen molar-refractivity contribution in [3.8, 4) is 0 Å². The maximum Gasteiger partial charge on any atom is 0.321 e. The summed E-state index contributed by atoms with van der Waals surface area (Å²) in [5.74, 6) is 0. The highest BCUT2D eigenvalue weighted by atomic mass is 16.2. The number of nitrogens with zero attached hydrogens (tertiary/aromatic N) is 3. The van der Waals surface area contributed by atoms with Crippen LogP contribution in [0.3, 0.4) is 0 Å². The Hall–Kier alpha value is -1.59. The Morgan fingerprint density at radius 1 is 1.10 bits per heavy atom. The third-order valence-corrected chi connectivity index (χ3v) is 4.23. The number of urea groups is 1. The van der Waals surface area contributed by atoms with Gasteiger partial charge in [0.2, 0.25) is 0 Å². The molecule has 2 heterocycles. The van der Waals surface area contributed by atoms with E-state index in [2.05, 4.69) is 22.2 Å². The molecule has 0 aliphatic carbocycles. The first-order chi connectivity index (χ1) is 9.72. The van der Waals surface area contributed by atoms with Crippen molar-refractivity contribution in [3.63, 3.8) is 0 Å². The maximum atomic E-state index is 12.1. The van der Waals surface area contributed by atoms with Crippen molar-refractivity contribution in [2.75, 3.05) is 51.6 Å². The number of benzene rings is 1. The normalized spacial score (nSPS) is 21.6. The summed E-state index contributed by atoms with van der Waals surface area (Å²) >= 11 is 0. The van der Waals surface area contributed by atoms with Gasteiger partial charge in [0.25, 0.3) is 0 Å². The highest BCUT2D eigenvalue weighted by Crippen LogP contribution is 2.18. The molecule has 2 aliphatic heterocycles. The lowest BCUT2D eigenvalue weighted by molar-refractivity contribution is 0.0318. The molecule has 1 aromatic carbocycles. The number of likely N-dealkylation sites (N-methyl/N-ethyl adjacent to an activating group) is 1. The Kier molecular flexibility index (Phi) is 3.89. The maximum absolute atomic E-state index is 12.1. The first kappa shape index (κ1) is 13.4. The number of carbonyl (C=O) groups is 1. The SMILES string of the molecule is CN1CCN(C2CN(C(=O)Nc3ccccc3)C2)CC1. The number of anilines is 1. The largest absolute Gasteiger partial charge is 0.321 e. The van der Waals surface area contributed by atoms with Gasteiger partial charge in [0.05, 0.1) is 0 Å². The molecular formula is C15H22N4O. The summed E-state index contributed by atoms with van der Waals surface area (Å²) in [6.07, 6.45) is 0. The molecule has 2 saturated heterocycles. The van der Waals surface area contributed by atoms with Gasteiger partial charge in [-0.3, -0.25) is 4.90 Å². The van der Waals surface area contributed by atoms with Crippen LogP contribution < -0.4 is 5.32 Å². The molecule has 5 nitrogen and oxygen atoms in total. The number of carbonyl (C=O) groups excluding carboxylic acids is 1. The Morgan fingerprint density at radius 2 is 1.75 bits per heavy atom. The fraction of sp³-hybridized carbons (Fsp3) is 0.533. The molecule has 3 rings (SSSR count). The van der Waals surface area contributed by atoms with Gasteiger partial charge in [0.15, 0.2) is 0 Å². The summed E-state index contributed by atoms with van der Waals surface area (Å²) in [6.45, 7) is 6.20. The van der Waals surface area contributed by atoms with E-state index < -0.39 is 0 Å². The zero-order valence-corrected chi connectivity index (χ0v) is 12.0.